The molecule has 0 spiro atoms. The Balaban J connectivity index is 2.10. The summed E-state index contributed by atoms with van der Waals surface area (Å²) in [5, 5.41) is 9.30. The molecular weight excluding hydrogens is 206 g/mol. The van der Waals surface area contributed by atoms with E-state index in [1.54, 1.807) is 0 Å². The highest BCUT2D eigenvalue weighted by Gasteiger charge is 2.34. The van der Waals surface area contributed by atoms with Crippen LogP contribution in [0.5, 0.6) is 0 Å². The van der Waals surface area contributed by atoms with E-state index in [-0.39, 0.29) is 18.5 Å². The highest BCUT2D eigenvalue weighted by molar-refractivity contribution is 5.71. The summed E-state index contributed by atoms with van der Waals surface area (Å²) in [7, 11) is 0. The number of rotatable bonds is 3. The minimum Gasteiger partial charge on any atom is -0.495 e. The van der Waals surface area contributed by atoms with Gasteiger partial charge < -0.3 is 9.84 Å². The van der Waals surface area contributed by atoms with Crippen LogP contribution in [-0.2, 0) is 11.2 Å². The molecule has 4 nitrogen and oxygen atoms in total. The summed E-state index contributed by atoms with van der Waals surface area (Å²) in [6, 6.07) is 9.58. The number of ether oxygens (including phenoxy) is 1. The lowest BCUT2D eigenvalue weighted by Crippen LogP contribution is -2.33. The predicted molar refractivity (Wildman–Crippen MR) is 58.9 cm³/mol. The Bertz CT molecular complexity index is 402. The van der Waals surface area contributed by atoms with E-state index in [0.717, 1.165) is 5.56 Å². The number of carbonyl (C=O) groups is 1. The molecule has 2 rings (SSSR count). The van der Waals surface area contributed by atoms with Gasteiger partial charge in [0.2, 0.25) is 0 Å². The first-order chi connectivity index (χ1) is 7.68. The zero-order valence-electron chi connectivity index (χ0n) is 8.80. The summed E-state index contributed by atoms with van der Waals surface area (Å²) in [5.41, 5.74) is 1.09. The first-order valence-corrected chi connectivity index (χ1v) is 5.06. The summed E-state index contributed by atoms with van der Waals surface area (Å²) in [6.07, 6.45) is 0.111. The summed E-state index contributed by atoms with van der Waals surface area (Å²) in [4.78, 5) is 12.5. The molecule has 1 amide bonds. The Kier molecular flexibility index (Phi) is 2.81. The number of carbonyl (C=O) groups excluding carboxylic acids is 1. The maximum Gasteiger partial charge on any atom is 0.417 e. The van der Waals surface area contributed by atoms with Gasteiger partial charge in [-0.2, -0.15) is 0 Å². The molecule has 0 aliphatic carbocycles. The third kappa shape index (κ3) is 2.00. The van der Waals surface area contributed by atoms with Gasteiger partial charge >= 0.3 is 6.09 Å². The van der Waals surface area contributed by atoms with Crippen molar-refractivity contribution in [1.29, 1.82) is 0 Å². The Hall–Kier alpha value is -1.97. The zero-order valence-corrected chi connectivity index (χ0v) is 8.80. The van der Waals surface area contributed by atoms with E-state index in [1.807, 2.05) is 30.3 Å². The maximum atomic E-state index is 11.3. The molecule has 1 N–H and O–H groups in total. The summed E-state index contributed by atoms with van der Waals surface area (Å²) < 4.78 is 4.88. The minimum atomic E-state index is -0.534. The zero-order chi connectivity index (χ0) is 11.5. The lowest BCUT2D eigenvalue weighted by Gasteiger charge is -2.19. The van der Waals surface area contributed by atoms with Crippen molar-refractivity contribution in [2.24, 2.45) is 0 Å². The first-order valence-electron chi connectivity index (χ1n) is 5.06. The number of hydrogen-bond donors (Lipinski definition) is 1. The van der Waals surface area contributed by atoms with E-state index < -0.39 is 6.09 Å². The number of cyclic esters (lactones) is 1. The van der Waals surface area contributed by atoms with Gasteiger partial charge in [0.05, 0.1) is 6.04 Å². The third-order valence-electron chi connectivity index (χ3n) is 2.55. The largest absolute Gasteiger partial charge is 0.495 e. The van der Waals surface area contributed by atoms with Crippen LogP contribution in [0, 0.1) is 0 Å². The van der Waals surface area contributed by atoms with E-state index in [0.29, 0.717) is 6.42 Å². The van der Waals surface area contributed by atoms with Gasteiger partial charge in [-0.1, -0.05) is 30.3 Å². The van der Waals surface area contributed by atoms with Crippen LogP contribution in [0.1, 0.15) is 5.56 Å². The van der Waals surface area contributed by atoms with E-state index in [4.69, 9.17) is 4.74 Å². The highest BCUT2D eigenvalue weighted by Crippen LogP contribution is 2.19. The van der Waals surface area contributed by atoms with E-state index in [1.165, 1.54) is 4.90 Å². The van der Waals surface area contributed by atoms with Crippen molar-refractivity contribution in [3.63, 3.8) is 0 Å². The first kappa shape index (κ1) is 10.5. The molecule has 1 saturated heterocycles. The molecule has 0 saturated carbocycles. The number of aliphatic hydroxyl groups excluding tert-OH is 1. The van der Waals surface area contributed by atoms with Gasteiger partial charge in [0.15, 0.2) is 5.88 Å². The van der Waals surface area contributed by atoms with Crippen molar-refractivity contribution in [2.75, 3.05) is 6.61 Å². The van der Waals surface area contributed by atoms with Crippen LogP contribution in [0.3, 0.4) is 0 Å². The predicted octanol–water partition coefficient (Wildman–Crippen LogP) is 2.08. The molecule has 0 unspecified atom stereocenters. The molecule has 0 aromatic heterocycles. The molecule has 84 valence electrons. The van der Waals surface area contributed by atoms with Crippen molar-refractivity contribution in [3.8, 4) is 0 Å². The topological polar surface area (TPSA) is 49.8 Å². The van der Waals surface area contributed by atoms with Crippen molar-refractivity contribution in [2.45, 2.75) is 12.5 Å². The Morgan fingerprint density at radius 3 is 2.81 bits per heavy atom. The van der Waals surface area contributed by atoms with Crippen LogP contribution >= 0.6 is 0 Å². The number of hydrogen-bond acceptors (Lipinski definition) is 3. The molecular formula is C12H13NO3. The van der Waals surface area contributed by atoms with Crippen LogP contribution in [0.2, 0.25) is 0 Å². The van der Waals surface area contributed by atoms with Gasteiger partial charge in [0.25, 0.3) is 0 Å². The lowest BCUT2D eigenvalue weighted by molar-refractivity contribution is 0.150. The molecule has 4 heteroatoms. The van der Waals surface area contributed by atoms with Crippen molar-refractivity contribution >= 4 is 6.09 Å². The second-order valence-corrected chi connectivity index (χ2v) is 3.71. The van der Waals surface area contributed by atoms with Crippen LogP contribution in [0.25, 0.3) is 0 Å². The summed E-state index contributed by atoms with van der Waals surface area (Å²) in [6.45, 7) is 3.65. The molecule has 0 bridgehead atoms. The third-order valence-corrected chi connectivity index (χ3v) is 2.55. The van der Waals surface area contributed by atoms with E-state index in [2.05, 4.69) is 6.58 Å². The molecule has 1 aliphatic heterocycles. The van der Waals surface area contributed by atoms with Gasteiger partial charge in [-0.25, -0.2) is 9.69 Å². The number of amides is 1. The van der Waals surface area contributed by atoms with Crippen LogP contribution in [0.15, 0.2) is 42.8 Å². The van der Waals surface area contributed by atoms with Crippen LogP contribution in [0.4, 0.5) is 4.79 Å². The molecule has 1 aromatic rings. The second-order valence-electron chi connectivity index (χ2n) is 3.71. The minimum absolute atomic E-state index is 0.174. The van der Waals surface area contributed by atoms with Gasteiger partial charge in [0, 0.05) is 0 Å². The average Bonchev–Trinajstić information content (AvgIpc) is 2.61. The fourth-order valence-corrected chi connectivity index (χ4v) is 1.81. The van der Waals surface area contributed by atoms with Gasteiger partial charge in [-0.05, 0) is 18.6 Å². The molecule has 1 atom stereocenters. The number of nitrogens with zero attached hydrogens (tertiary/aromatic N) is 1. The smallest absolute Gasteiger partial charge is 0.417 e. The van der Waals surface area contributed by atoms with Gasteiger partial charge in [-0.15, -0.1) is 0 Å². The summed E-state index contributed by atoms with van der Waals surface area (Å²) >= 11 is 0. The lowest BCUT2D eigenvalue weighted by atomic mass is 10.1. The highest BCUT2D eigenvalue weighted by atomic mass is 16.6. The average molecular weight is 219 g/mol. The van der Waals surface area contributed by atoms with Crippen molar-refractivity contribution < 1.29 is 14.6 Å². The van der Waals surface area contributed by atoms with E-state index in [9.17, 15) is 9.90 Å². The molecule has 0 radical (unpaired) electrons. The van der Waals surface area contributed by atoms with Crippen LogP contribution in [-0.4, -0.2) is 28.7 Å². The summed E-state index contributed by atoms with van der Waals surface area (Å²) in [5.74, 6) is -0.261. The Morgan fingerprint density at radius 1 is 1.50 bits per heavy atom. The fraction of sp³-hybridized carbons (Fsp3) is 0.250. The fourth-order valence-electron chi connectivity index (χ4n) is 1.81. The van der Waals surface area contributed by atoms with Gasteiger partial charge in [-0.3, -0.25) is 0 Å². The number of aliphatic hydroxyl groups is 1. The number of benzene rings is 1. The quantitative estimate of drug-likeness (QED) is 0.792. The SMILES string of the molecule is C=C(O)N1C(=O)OC[C@H]1Cc1ccccc1. The normalized spacial score (nSPS) is 19.6. The van der Waals surface area contributed by atoms with Crippen molar-refractivity contribution in [3.05, 3.63) is 48.4 Å². The van der Waals surface area contributed by atoms with E-state index >= 15 is 0 Å². The molecule has 1 aromatic carbocycles. The molecule has 1 fully saturated rings. The maximum absolute atomic E-state index is 11.3. The second kappa shape index (κ2) is 4.26. The monoisotopic (exact) mass is 219 g/mol. The molecule has 1 heterocycles. The Labute approximate surface area is 93.8 Å². The molecule has 1 aliphatic rings. The van der Waals surface area contributed by atoms with Gasteiger partial charge in [0.1, 0.15) is 6.61 Å². The standard InChI is InChI=1S/C12H13NO3/c1-9(14)13-11(8-16-12(13)15)7-10-5-3-2-4-6-10/h2-6,11,14H,1,7-8H2/t11-/m1/s1. The Morgan fingerprint density at radius 2 is 2.19 bits per heavy atom. The van der Waals surface area contributed by atoms with Crippen LogP contribution < -0.4 is 0 Å². The van der Waals surface area contributed by atoms with Crippen molar-refractivity contribution in [1.82, 2.24) is 4.90 Å². The molecule has 16 heavy (non-hydrogen) atoms.